The lowest BCUT2D eigenvalue weighted by atomic mass is 9.79. The van der Waals surface area contributed by atoms with Gasteiger partial charge >= 0.3 is 12.4 Å². The van der Waals surface area contributed by atoms with Gasteiger partial charge in [-0.1, -0.05) is 60.1 Å². The molecule has 11 heteroatoms. The minimum Gasteiger partial charge on any atom is -0.457 e. The average molecular weight is 645 g/mol. The number of hydrogen-bond donors (Lipinski definition) is 1. The summed E-state index contributed by atoms with van der Waals surface area (Å²) in [5, 5.41) is 3.63. The number of pyridine rings is 1. The first-order chi connectivity index (χ1) is 21.3. The van der Waals surface area contributed by atoms with Crippen LogP contribution in [0.1, 0.15) is 33.5 Å². The molecule has 0 aliphatic carbocycles. The van der Waals surface area contributed by atoms with Crippen molar-refractivity contribution in [3.8, 4) is 11.5 Å². The molecule has 0 aliphatic heterocycles. The third-order valence-corrected chi connectivity index (χ3v) is 7.31. The van der Waals surface area contributed by atoms with Gasteiger partial charge in [-0.3, -0.25) is 10.3 Å². The quantitative estimate of drug-likeness (QED) is 0.162. The predicted molar refractivity (Wildman–Crippen MR) is 156 cm³/mol. The molecule has 0 saturated carbocycles. The molecule has 0 amide bonds. The predicted octanol–water partition coefficient (Wildman–Crippen LogP) is 9.98. The van der Waals surface area contributed by atoms with Crippen LogP contribution >= 0.6 is 11.6 Å². The van der Waals surface area contributed by atoms with Gasteiger partial charge in [0.1, 0.15) is 17.3 Å². The van der Waals surface area contributed by atoms with Crippen LogP contribution in [0.15, 0.2) is 115 Å². The summed E-state index contributed by atoms with van der Waals surface area (Å²) in [5.74, 6) is -0.875. The lowest BCUT2D eigenvalue weighted by Gasteiger charge is -2.36. The van der Waals surface area contributed by atoms with Crippen LogP contribution in [0.4, 0.5) is 30.7 Å². The highest BCUT2D eigenvalue weighted by Crippen LogP contribution is 2.38. The van der Waals surface area contributed by atoms with Crippen LogP contribution in [0, 0.1) is 5.82 Å². The first-order valence-electron chi connectivity index (χ1n) is 13.6. The molecule has 1 N–H and O–H groups in total. The normalized spacial score (nSPS) is 13.3. The summed E-state index contributed by atoms with van der Waals surface area (Å²) in [7, 11) is 0. The minimum atomic E-state index is -4.82. The number of alkyl halides is 6. The van der Waals surface area contributed by atoms with E-state index < -0.39 is 34.8 Å². The van der Waals surface area contributed by atoms with Crippen molar-refractivity contribution in [3.63, 3.8) is 0 Å². The Bertz CT molecular complexity index is 1760. The summed E-state index contributed by atoms with van der Waals surface area (Å²) >= 11 is 6.10. The number of aromatic nitrogens is 1. The van der Waals surface area contributed by atoms with E-state index in [1.165, 1.54) is 18.3 Å². The molecule has 232 valence electrons. The van der Waals surface area contributed by atoms with Gasteiger partial charge in [0.2, 0.25) is 0 Å². The maximum atomic E-state index is 14.9. The number of hydrogen-bond acceptors (Lipinski definition) is 3. The maximum Gasteiger partial charge on any atom is 0.416 e. The second kappa shape index (κ2) is 12.9. The van der Waals surface area contributed by atoms with E-state index in [9.17, 15) is 30.7 Å². The largest absolute Gasteiger partial charge is 0.457 e. The van der Waals surface area contributed by atoms with E-state index >= 15 is 0 Å². The van der Waals surface area contributed by atoms with Crippen molar-refractivity contribution in [2.45, 2.75) is 30.9 Å². The summed E-state index contributed by atoms with van der Waals surface area (Å²) in [6.07, 6.45) is -7.95. The summed E-state index contributed by atoms with van der Waals surface area (Å²) in [6, 6.07) is 25.3. The van der Waals surface area contributed by atoms with Crippen LogP contribution in [0.5, 0.6) is 11.5 Å². The van der Waals surface area contributed by atoms with Crippen LogP contribution in [-0.4, -0.2) is 4.98 Å². The van der Waals surface area contributed by atoms with Crippen molar-refractivity contribution in [2.24, 2.45) is 0 Å². The van der Waals surface area contributed by atoms with Gasteiger partial charge in [-0.15, -0.1) is 0 Å². The summed E-state index contributed by atoms with van der Waals surface area (Å²) in [5.41, 5.74) is -1.96. The first kappa shape index (κ1) is 32.0. The average Bonchev–Trinajstić information content (AvgIpc) is 2.99. The van der Waals surface area contributed by atoms with E-state index in [0.29, 0.717) is 16.7 Å². The Morgan fingerprint density at radius 3 is 1.96 bits per heavy atom. The molecule has 0 radical (unpaired) electrons. The third kappa shape index (κ3) is 7.82. The van der Waals surface area contributed by atoms with Crippen LogP contribution in [0.2, 0.25) is 5.02 Å². The van der Waals surface area contributed by atoms with Crippen molar-refractivity contribution < 1.29 is 35.5 Å². The van der Waals surface area contributed by atoms with E-state index in [0.717, 1.165) is 29.8 Å². The highest BCUT2D eigenvalue weighted by molar-refractivity contribution is 6.30. The molecule has 5 rings (SSSR count). The molecule has 3 nitrogen and oxygen atoms in total. The second-order valence-electron chi connectivity index (χ2n) is 10.3. The number of benzene rings is 4. The van der Waals surface area contributed by atoms with Crippen molar-refractivity contribution in [1.82, 2.24) is 10.3 Å². The summed E-state index contributed by atoms with van der Waals surface area (Å²) in [6.45, 7) is 0.0226. The zero-order valence-corrected chi connectivity index (χ0v) is 24.0. The number of halogens is 8. The van der Waals surface area contributed by atoms with E-state index in [4.69, 9.17) is 16.3 Å². The molecule has 0 aliphatic rings. The van der Waals surface area contributed by atoms with Crippen LogP contribution in [0.25, 0.3) is 0 Å². The van der Waals surface area contributed by atoms with Crippen molar-refractivity contribution in [3.05, 3.63) is 160 Å². The Morgan fingerprint density at radius 2 is 1.29 bits per heavy atom. The monoisotopic (exact) mass is 644 g/mol. The van der Waals surface area contributed by atoms with E-state index in [1.54, 1.807) is 66.7 Å². The van der Waals surface area contributed by atoms with Gasteiger partial charge in [0.15, 0.2) is 0 Å². The van der Waals surface area contributed by atoms with Crippen LogP contribution in [0.3, 0.4) is 0 Å². The molecule has 45 heavy (non-hydrogen) atoms. The van der Waals surface area contributed by atoms with Gasteiger partial charge in [-0.05, 0) is 77.4 Å². The van der Waals surface area contributed by atoms with E-state index in [2.05, 4.69) is 10.3 Å². The minimum absolute atomic E-state index is 0.0226. The Morgan fingerprint density at radius 1 is 0.644 bits per heavy atom. The fourth-order valence-corrected chi connectivity index (χ4v) is 5.08. The Hall–Kier alpha value is -4.41. The van der Waals surface area contributed by atoms with Crippen LogP contribution in [-0.2, 0) is 30.9 Å². The lowest BCUT2D eigenvalue weighted by Crippen LogP contribution is -2.46. The third-order valence-electron chi connectivity index (χ3n) is 7.08. The standard InChI is InChI=1S/C34H24ClF7N2O/c35-27-12-13-31(43-21-27)32(19-22-6-2-1-3-7-22,25-15-26(34(40,41)42)17-28(36)16-25)44-20-23-8-4-10-29(14-23)45-30-11-5-9-24(18-30)33(37,38)39/h1-18,21,44H,19-20H2. The molecule has 0 spiro atoms. The Kier molecular flexibility index (Phi) is 9.18. The summed E-state index contributed by atoms with van der Waals surface area (Å²) in [4.78, 5) is 4.44. The van der Waals surface area contributed by atoms with Gasteiger partial charge in [-0.2, -0.15) is 26.3 Å². The van der Waals surface area contributed by atoms with Crippen molar-refractivity contribution >= 4 is 11.6 Å². The van der Waals surface area contributed by atoms with Gasteiger partial charge in [0, 0.05) is 19.2 Å². The fourth-order valence-electron chi connectivity index (χ4n) is 4.97. The second-order valence-corrected chi connectivity index (χ2v) is 10.7. The Balaban J connectivity index is 1.56. The van der Waals surface area contributed by atoms with E-state index in [1.807, 2.05) is 0 Å². The molecule has 0 saturated heterocycles. The fraction of sp³-hybridized carbons (Fsp3) is 0.147. The van der Waals surface area contributed by atoms with Gasteiger partial charge in [-0.25, -0.2) is 4.39 Å². The van der Waals surface area contributed by atoms with Gasteiger partial charge in [0.05, 0.1) is 27.4 Å². The topological polar surface area (TPSA) is 34.1 Å². The molecular weight excluding hydrogens is 621 g/mol. The summed E-state index contributed by atoms with van der Waals surface area (Å²) < 4.78 is 102. The number of rotatable bonds is 9. The van der Waals surface area contributed by atoms with Crippen LogP contribution < -0.4 is 10.1 Å². The van der Waals surface area contributed by atoms with E-state index in [-0.39, 0.29) is 35.7 Å². The molecule has 4 aromatic carbocycles. The molecule has 5 aromatic rings. The number of ether oxygens (including phenoxy) is 1. The maximum absolute atomic E-state index is 14.9. The highest BCUT2D eigenvalue weighted by atomic mass is 35.5. The number of nitrogens with zero attached hydrogens (tertiary/aromatic N) is 1. The van der Waals surface area contributed by atoms with Crippen molar-refractivity contribution in [1.29, 1.82) is 0 Å². The lowest BCUT2D eigenvalue weighted by molar-refractivity contribution is -0.138. The zero-order chi connectivity index (χ0) is 32.2. The molecule has 1 unspecified atom stereocenters. The SMILES string of the molecule is Fc1cc(C(F)(F)F)cc(C(Cc2ccccc2)(NCc2cccc(Oc3cccc(C(F)(F)F)c3)c2)c2ccc(Cl)cn2)c1. The Labute approximate surface area is 259 Å². The molecule has 1 heterocycles. The first-order valence-corrected chi connectivity index (χ1v) is 13.9. The molecule has 0 bridgehead atoms. The van der Waals surface area contributed by atoms with Crippen molar-refractivity contribution in [2.75, 3.05) is 0 Å². The molecule has 1 atom stereocenters. The number of nitrogens with one attached hydrogen (secondary N) is 1. The van der Waals surface area contributed by atoms with Gasteiger partial charge in [0.25, 0.3) is 0 Å². The zero-order valence-electron chi connectivity index (χ0n) is 23.3. The highest BCUT2D eigenvalue weighted by Gasteiger charge is 2.39. The van der Waals surface area contributed by atoms with Gasteiger partial charge < -0.3 is 4.74 Å². The molecule has 1 aromatic heterocycles. The molecular formula is C34H24ClF7N2O. The smallest absolute Gasteiger partial charge is 0.416 e. The molecule has 0 fully saturated rings.